The lowest BCUT2D eigenvalue weighted by Gasteiger charge is -2.48. The fourth-order valence-electron chi connectivity index (χ4n) is 7.64. The predicted molar refractivity (Wildman–Crippen MR) is 140 cm³/mol. The monoisotopic (exact) mass is 508 g/mol. The molecular weight excluding hydrogens is 470 g/mol. The highest BCUT2D eigenvalue weighted by Crippen LogP contribution is 2.46. The van der Waals surface area contributed by atoms with Crippen LogP contribution in [0.2, 0.25) is 0 Å². The Labute approximate surface area is 218 Å². The number of alkyl halides is 2. The molecule has 4 heterocycles. The fraction of sp³-hybridized carbons (Fsp3) is 0.600. The summed E-state index contributed by atoms with van der Waals surface area (Å²) in [5.74, 6) is -2.08. The van der Waals surface area contributed by atoms with Crippen LogP contribution in [0.5, 0.6) is 0 Å². The number of nitrogens with zero attached hydrogens (tertiary/aromatic N) is 2. The number of carbonyl (C=O) groups is 1. The third-order valence-corrected chi connectivity index (χ3v) is 9.64. The number of pyridine rings is 1. The maximum Gasteiger partial charge on any atom is 0.248 e. The van der Waals surface area contributed by atoms with Crippen LogP contribution in [0.4, 0.5) is 8.78 Å². The van der Waals surface area contributed by atoms with E-state index in [0.717, 1.165) is 43.9 Å². The maximum absolute atomic E-state index is 14.5. The van der Waals surface area contributed by atoms with Crippen LogP contribution in [-0.2, 0) is 16.8 Å². The maximum atomic E-state index is 14.5. The molecule has 2 N–H and O–H groups in total. The van der Waals surface area contributed by atoms with E-state index >= 15 is 0 Å². The Morgan fingerprint density at radius 2 is 1.78 bits per heavy atom. The highest BCUT2D eigenvalue weighted by Gasteiger charge is 2.53. The second-order valence-corrected chi connectivity index (χ2v) is 11.8. The Morgan fingerprint density at radius 1 is 1.03 bits per heavy atom. The van der Waals surface area contributed by atoms with Gasteiger partial charge in [0.05, 0.1) is 11.6 Å². The first-order valence-electron chi connectivity index (χ1n) is 14.0. The number of amides is 1. The number of nitrogens with one attached hydrogen (secondary N) is 2. The van der Waals surface area contributed by atoms with Gasteiger partial charge < -0.3 is 15.5 Å². The minimum Gasteiger partial charge on any atom is -0.339 e. The number of halogens is 2. The zero-order chi connectivity index (χ0) is 25.6. The van der Waals surface area contributed by atoms with Crippen LogP contribution in [0, 0.1) is 18.8 Å². The highest BCUT2D eigenvalue weighted by atomic mass is 19.3. The Kier molecular flexibility index (Phi) is 6.56. The van der Waals surface area contributed by atoms with Crippen LogP contribution in [0.3, 0.4) is 0 Å². The quantitative estimate of drug-likeness (QED) is 0.639. The standard InChI is InChI=1S/C30H38F2N4O/c1-20-7-8-24-26(35-20)17-34-19-29(24)18-33-16-25(29)28(37)36-14-11-23(21-5-3-2-4-6-21)15-27(36)22-9-12-30(31,32)13-10-22/h2-8,22-23,25,27,33-34H,9-19H2,1H3. The number of hydrogen-bond donors (Lipinski definition) is 2. The third kappa shape index (κ3) is 4.59. The van der Waals surface area contributed by atoms with Gasteiger partial charge in [-0.2, -0.15) is 0 Å². The lowest BCUT2D eigenvalue weighted by molar-refractivity contribution is -0.144. The van der Waals surface area contributed by atoms with Crippen LogP contribution in [0.1, 0.15) is 67.0 Å². The first-order valence-corrected chi connectivity index (χ1v) is 14.0. The molecule has 37 heavy (non-hydrogen) atoms. The van der Waals surface area contributed by atoms with Crippen LogP contribution >= 0.6 is 0 Å². The van der Waals surface area contributed by atoms with Gasteiger partial charge in [0.1, 0.15) is 0 Å². The van der Waals surface area contributed by atoms with Gasteiger partial charge in [-0.1, -0.05) is 36.4 Å². The van der Waals surface area contributed by atoms with Crippen molar-refractivity contribution in [3.63, 3.8) is 0 Å². The first-order chi connectivity index (χ1) is 17.9. The normalized spacial score (nSPS) is 31.9. The zero-order valence-corrected chi connectivity index (χ0v) is 21.7. The molecule has 5 nitrogen and oxygen atoms in total. The third-order valence-electron chi connectivity index (χ3n) is 9.64. The summed E-state index contributed by atoms with van der Waals surface area (Å²) >= 11 is 0. The van der Waals surface area contributed by atoms with Gasteiger partial charge in [-0.05, 0) is 61.6 Å². The Bertz CT molecular complexity index is 1130. The summed E-state index contributed by atoms with van der Waals surface area (Å²) in [6, 6.07) is 14.7. The molecule has 198 valence electrons. The topological polar surface area (TPSA) is 57.3 Å². The number of aryl methyl sites for hydroxylation is 1. The molecule has 0 radical (unpaired) electrons. The van der Waals surface area contributed by atoms with Crippen LogP contribution in [0.25, 0.3) is 0 Å². The summed E-state index contributed by atoms with van der Waals surface area (Å²) in [7, 11) is 0. The number of likely N-dealkylation sites (tertiary alicyclic amines) is 1. The molecule has 0 bridgehead atoms. The lowest BCUT2D eigenvalue weighted by Crippen LogP contribution is -2.58. The molecule has 6 rings (SSSR count). The number of aromatic nitrogens is 1. The second kappa shape index (κ2) is 9.73. The van der Waals surface area contributed by atoms with Gasteiger partial charge in [-0.25, -0.2) is 8.78 Å². The molecule has 1 saturated carbocycles. The highest BCUT2D eigenvalue weighted by molar-refractivity contribution is 5.82. The average molecular weight is 509 g/mol. The first kappa shape index (κ1) is 24.9. The fourth-order valence-corrected chi connectivity index (χ4v) is 7.64. The van der Waals surface area contributed by atoms with Gasteiger partial charge in [-0.15, -0.1) is 0 Å². The molecule has 2 saturated heterocycles. The molecule has 3 aliphatic heterocycles. The van der Waals surface area contributed by atoms with Gasteiger partial charge in [0, 0.05) is 62.7 Å². The van der Waals surface area contributed by atoms with Gasteiger partial charge in [0.25, 0.3) is 0 Å². The minimum atomic E-state index is -2.57. The van der Waals surface area contributed by atoms with Crippen molar-refractivity contribution >= 4 is 5.91 Å². The second-order valence-electron chi connectivity index (χ2n) is 11.8. The molecule has 2 aromatic rings. The van der Waals surface area contributed by atoms with Crippen molar-refractivity contribution < 1.29 is 13.6 Å². The summed E-state index contributed by atoms with van der Waals surface area (Å²) in [5, 5.41) is 7.08. The number of benzene rings is 1. The van der Waals surface area contributed by atoms with Gasteiger partial charge in [0.15, 0.2) is 0 Å². The van der Waals surface area contributed by atoms with E-state index in [1.54, 1.807) is 0 Å². The van der Waals surface area contributed by atoms with E-state index in [1.807, 2.05) is 13.0 Å². The Balaban J connectivity index is 1.30. The Hall–Kier alpha value is -2.38. The number of rotatable bonds is 3. The summed E-state index contributed by atoms with van der Waals surface area (Å²) in [5.41, 5.74) is 4.19. The van der Waals surface area contributed by atoms with E-state index in [4.69, 9.17) is 4.98 Å². The summed E-state index contributed by atoms with van der Waals surface area (Å²) in [4.78, 5) is 21.4. The van der Waals surface area contributed by atoms with Crippen molar-refractivity contribution in [1.29, 1.82) is 0 Å². The summed E-state index contributed by atoms with van der Waals surface area (Å²) in [6.07, 6.45) is 2.62. The molecule has 4 atom stereocenters. The lowest BCUT2D eigenvalue weighted by atomic mass is 9.68. The van der Waals surface area contributed by atoms with Crippen molar-refractivity contribution in [3.8, 4) is 0 Å². The van der Waals surface area contributed by atoms with Crippen molar-refractivity contribution in [2.45, 2.75) is 75.3 Å². The van der Waals surface area contributed by atoms with Gasteiger partial charge in [0.2, 0.25) is 11.8 Å². The van der Waals surface area contributed by atoms with Crippen molar-refractivity contribution in [2.24, 2.45) is 11.8 Å². The molecule has 7 heteroatoms. The van der Waals surface area contributed by atoms with Crippen molar-refractivity contribution in [2.75, 3.05) is 26.2 Å². The largest absolute Gasteiger partial charge is 0.339 e. The number of hydrogen-bond acceptors (Lipinski definition) is 4. The van der Waals surface area contributed by atoms with Gasteiger partial charge in [-0.3, -0.25) is 9.78 Å². The van der Waals surface area contributed by atoms with Crippen molar-refractivity contribution in [1.82, 2.24) is 20.5 Å². The van der Waals surface area contributed by atoms with E-state index < -0.39 is 5.92 Å². The number of fused-ring (bicyclic) bond motifs is 2. The Morgan fingerprint density at radius 3 is 2.57 bits per heavy atom. The molecule has 4 unspecified atom stereocenters. The van der Waals surface area contributed by atoms with E-state index in [-0.39, 0.29) is 42.0 Å². The van der Waals surface area contributed by atoms with E-state index in [2.05, 4.69) is 51.9 Å². The average Bonchev–Trinajstić information content (AvgIpc) is 3.32. The van der Waals surface area contributed by atoms with Crippen LogP contribution in [-0.4, -0.2) is 53.9 Å². The number of carbonyl (C=O) groups excluding carboxylic acids is 1. The van der Waals surface area contributed by atoms with Crippen LogP contribution in [0.15, 0.2) is 42.5 Å². The zero-order valence-electron chi connectivity index (χ0n) is 21.7. The molecule has 1 spiro atoms. The molecule has 1 aromatic carbocycles. The molecule has 1 amide bonds. The summed E-state index contributed by atoms with van der Waals surface area (Å²) < 4.78 is 28.2. The number of piperidine rings is 1. The summed E-state index contributed by atoms with van der Waals surface area (Å²) in [6.45, 7) is 5.55. The smallest absolute Gasteiger partial charge is 0.248 e. The SMILES string of the molecule is Cc1ccc2c(n1)CNCC21CNCC1C(=O)N1CCC(c2ccccc2)CC1C1CCC(F)(F)CC1. The van der Waals surface area contributed by atoms with Crippen LogP contribution < -0.4 is 10.6 Å². The predicted octanol–water partition coefficient (Wildman–Crippen LogP) is 4.55. The van der Waals surface area contributed by atoms with E-state index in [0.29, 0.717) is 31.8 Å². The molecular formula is C30H38F2N4O. The molecule has 1 aromatic heterocycles. The molecule has 3 fully saturated rings. The van der Waals surface area contributed by atoms with Crippen molar-refractivity contribution in [3.05, 3.63) is 65.0 Å². The molecule has 4 aliphatic rings. The van der Waals surface area contributed by atoms with Gasteiger partial charge >= 0.3 is 0 Å². The van der Waals surface area contributed by atoms with E-state index in [9.17, 15) is 13.6 Å². The minimum absolute atomic E-state index is 0.00682. The molecule has 1 aliphatic carbocycles. The van der Waals surface area contributed by atoms with E-state index in [1.165, 1.54) is 11.1 Å².